The number of nitrogens with one attached hydrogen (secondary N) is 2. The number of aryl methyl sites for hydroxylation is 1. The smallest absolute Gasteiger partial charge is 0.230 e. The summed E-state index contributed by atoms with van der Waals surface area (Å²) >= 11 is 8.88. The lowest BCUT2D eigenvalue weighted by molar-refractivity contribution is -0.118. The second-order valence-electron chi connectivity index (χ2n) is 5.71. The average Bonchev–Trinajstić information content (AvgIpc) is 3.13. The molecule has 1 aromatic heterocycles. The Kier molecular flexibility index (Phi) is 7.09. The second-order valence-corrected chi connectivity index (χ2v) is 8.31. The number of carbonyl (C=O) groups is 1. The fourth-order valence-corrected chi connectivity index (χ4v) is 4.08. The summed E-state index contributed by atoms with van der Waals surface area (Å²) in [5.74, 6) is 0.212. The van der Waals surface area contributed by atoms with Gasteiger partial charge in [-0.1, -0.05) is 72.0 Å². The number of anilines is 2. The third kappa shape index (κ3) is 5.95. The minimum Gasteiger partial charge on any atom is -0.351 e. The van der Waals surface area contributed by atoms with Crippen LogP contribution in [0.2, 0.25) is 5.02 Å². The van der Waals surface area contributed by atoms with E-state index in [1.165, 1.54) is 28.7 Å². The van der Waals surface area contributed by atoms with Gasteiger partial charge >= 0.3 is 0 Å². The molecule has 0 unspecified atom stereocenters. The summed E-state index contributed by atoms with van der Waals surface area (Å²) in [5, 5.41) is 15.7. The van der Waals surface area contributed by atoms with E-state index >= 15 is 0 Å². The van der Waals surface area contributed by atoms with E-state index in [1.807, 2.05) is 36.4 Å². The minimum atomic E-state index is -0.0696. The van der Waals surface area contributed by atoms with Crippen molar-refractivity contribution in [3.8, 4) is 0 Å². The van der Waals surface area contributed by atoms with Crippen molar-refractivity contribution in [3.05, 3.63) is 64.7 Å². The molecule has 0 aliphatic carbocycles. The Hall–Kier alpha value is -2.09. The third-order valence-electron chi connectivity index (χ3n) is 3.78. The Morgan fingerprint density at radius 3 is 2.67 bits per heavy atom. The molecule has 3 aromatic rings. The van der Waals surface area contributed by atoms with E-state index in [2.05, 4.69) is 39.9 Å². The van der Waals surface area contributed by atoms with E-state index in [9.17, 15) is 4.79 Å². The Morgan fingerprint density at radius 1 is 1.15 bits per heavy atom. The quantitative estimate of drug-likeness (QED) is 0.509. The zero-order valence-electron chi connectivity index (χ0n) is 14.7. The van der Waals surface area contributed by atoms with Crippen molar-refractivity contribution in [1.29, 1.82) is 0 Å². The molecule has 5 nitrogen and oxygen atoms in total. The van der Waals surface area contributed by atoms with Gasteiger partial charge in [0.25, 0.3) is 0 Å². The van der Waals surface area contributed by atoms with Gasteiger partial charge in [0.05, 0.1) is 5.75 Å². The summed E-state index contributed by atoms with van der Waals surface area (Å²) < 4.78 is 0.746. The maximum atomic E-state index is 12.0. The molecule has 0 aliphatic heterocycles. The molecule has 0 atom stereocenters. The maximum absolute atomic E-state index is 12.0. The van der Waals surface area contributed by atoms with Gasteiger partial charge in [0.2, 0.25) is 11.0 Å². The number of benzene rings is 2. The molecular formula is C19H19ClN4OS2. The summed E-state index contributed by atoms with van der Waals surface area (Å²) in [6.07, 6.45) is 1.01. The molecule has 2 aromatic carbocycles. The zero-order valence-corrected chi connectivity index (χ0v) is 17.1. The molecule has 3 rings (SSSR count). The maximum Gasteiger partial charge on any atom is 0.230 e. The lowest BCUT2D eigenvalue weighted by atomic mass is 10.1. The van der Waals surface area contributed by atoms with Crippen LogP contribution >= 0.6 is 34.7 Å². The number of rotatable bonds is 8. The summed E-state index contributed by atoms with van der Waals surface area (Å²) in [7, 11) is 0. The number of aromatic nitrogens is 2. The highest BCUT2D eigenvalue weighted by molar-refractivity contribution is 8.01. The predicted octanol–water partition coefficient (Wildman–Crippen LogP) is 4.91. The molecule has 0 saturated heterocycles. The highest BCUT2D eigenvalue weighted by Crippen LogP contribution is 2.27. The predicted molar refractivity (Wildman–Crippen MR) is 113 cm³/mol. The molecule has 140 valence electrons. The molecule has 0 fully saturated rings. The first-order chi connectivity index (χ1) is 13.1. The molecule has 27 heavy (non-hydrogen) atoms. The molecule has 0 bridgehead atoms. The highest BCUT2D eigenvalue weighted by atomic mass is 35.5. The molecule has 0 spiro atoms. The molecule has 1 amide bonds. The standard InChI is InChI=1S/C19H19ClN4OS2/c1-2-13-7-9-15(10-8-13)22-18-23-24-19(27-18)26-12-17(25)21-11-14-5-3-4-6-16(14)20/h3-10H,2,11-12H2,1H3,(H,21,25)(H,22,23). The van der Waals surface area contributed by atoms with Crippen LogP contribution in [0, 0.1) is 0 Å². The largest absolute Gasteiger partial charge is 0.351 e. The SMILES string of the molecule is CCc1ccc(Nc2nnc(SCC(=O)NCc3ccccc3Cl)s2)cc1. The van der Waals surface area contributed by atoms with Crippen molar-refractivity contribution in [3.63, 3.8) is 0 Å². The minimum absolute atomic E-state index is 0.0696. The summed E-state index contributed by atoms with van der Waals surface area (Å²) in [5.41, 5.74) is 3.16. The Morgan fingerprint density at radius 2 is 1.93 bits per heavy atom. The van der Waals surface area contributed by atoms with Crippen LogP contribution in [-0.2, 0) is 17.8 Å². The molecule has 1 heterocycles. The second kappa shape index (κ2) is 9.73. The fourth-order valence-electron chi connectivity index (χ4n) is 2.28. The van der Waals surface area contributed by atoms with Crippen LogP contribution in [0.4, 0.5) is 10.8 Å². The number of hydrogen-bond acceptors (Lipinski definition) is 6. The lowest BCUT2D eigenvalue weighted by Gasteiger charge is -2.06. The van der Waals surface area contributed by atoms with Gasteiger partial charge in [-0.25, -0.2) is 0 Å². The summed E-state index contributed by atoms with van der Waals surface area (Å²) in [6, 6.07) is 15.7. The van der Waals surface area contributed by atoms with Gasteiger partial charge in [-0.05, 0) is 35.7 Å². The van der Waals surface area contributed by atoms with Crippen molar-refractivity contribution < 1.29 is 4.79 Å². The molecule has 8 heteroatoms. The molecule has 2 N–H and O–H groups in total. The molecule has 0 radical (unpaired) electrons. The van der Waals surface area contributed by atoms with Crippen LogP contribution in [0.5, 0.6) is 0 Å². The average molecular weight is 419 g/mol. The van der Waals surface area contributed by atoms with Crippen molar-refractivity contribution in [2.75, 3.05) is 11.1 Å². The fraction of sp³-hybridized carbons (Fsp3) is 0.211. The van der Waals surface area contributed by atoms with E-state index in [1.54, 1.807) is 0 Å². The summed E-state index contributed by atoms with van der Waals surface area (Å²) in [4.78, 5) is 12.0. The van der Waals surface area contributed by atoms with Gasteiger partial charge in [0.15, 0.2) is 4.34 Å². The van der Waals surface area contributed by atoms with E-state index in [-0.39, 0.29) is 11.7 Å². The molecule has 0 saturated carbocycles. The normalized spacial score (nSPS) is 10.6. The first kappa shape index (κ1) is 19.7. The number of carbonyl (C=O) groups excluding carboxylic acids is 1. The monoisotopic (exact) mass is 418 g/mol. The van der Waals surface area contributed by atoms with Crippen LogP contribution in [0.25, 0.3) is 0 Å². The van der Waals surface area contributed by atoms with Crippen LogP contribution in [0.1, 0.15) is 18.1 Å². The number of hydrogen-bond donors (Lipinski definition) is 2. The van der Waals surface area contributed by atoms with Gasteiger partial charge < -0.3 is 10.6 Å². The Balaban J connectivity index is 1.46. The highest BCUT2D eigenvalue weighted by Gasteiger charge is 2.09. The number of nitrogens with zero attached hydrogens (tertiary/aromatic N) is 2. The van der Waals surface area contributed by atoms with E-state index in [0.29, 0.717) is 16.7 Å². The summed E-state index contributed by atoms with van der Waals surface area (Å²) in [6.45, 7) is 2.54. The lowest BCUT2D eigenvalue weighted by Crippen LogP contribution is -2.24. The molecular weight excluding hydrogens is 400 g/mol. The zero-order chi connectivity index (χ0) is 19.1. The first-order valence-electron chi connectivity index (χ1n) is 8.46. The van der Waals surface area contributed by atoms with Crippen molar-refractivity contribution in [1.82, 2.24) is 15.5 Å². The van der Waals surface area contributed by atoms with Crippen molar-refractivity contribution >= 4 is 51.4 Å². The Labute approximate surface area is 171 Å². The van der Waals surface area contributed by atoms with E-state index in [0.717, 1.165) is 22.0 Å². The van der Waals surface area contributed by atoms with E-state index < -0.39 is 0 Å². The Bertz CT molecular complexity index is 899. The van der Waals surface area contributed by atoms with Crippen molar-refractivity contribution in [2.45, 2.75) is 24.2 Å². The van der Waals surface area contributed by atoms with Gasteiger partial charge in [0.1, 0.15) is 0 Å². The van der Waals surface area contributed by atoms with Crippen LogP contribution in [0.15, 0.2) is 52.9 Å². The van der Waals surface area contributed by atoms with Crippen LogP contribution in [-0.4, -0.2) is 21.9 Å². The van der Waals surface area contributed by atoms with Gasteiger partial charge in [-0.2, -0.15) is 0 Å². The number of thioether (sulfide) groups is 1. The van der Waals surface area contributed by atoms with Crippen LogP contribution < -0.4 is 10.6 Å². The van der Waals surface area contributed by atoms with Crippen LogP contribution in [0.3, 0.4) is 0 Å². The van der Waals surface area contributed by atoms with Crippen molar-refractivity contribution in [2.24, 2.45) is 0 Å². The van der Waals surface area contributed by atoms with Gasteiger partial charge in [-0.15, -0.1) is 10.2 Å². The number of halogens is 1. The third-order valence-corrected chi connectivity index (χ3v) is 6.12. The van der Waals surface area contributed by atoms with E-state index in [4.69, 9.17) is 11.6 Å². The first-order valence-corrected chi connectivity index (χ1v) is 10.6. The molecule has 0 aliphatic rings. The van der Waals surface area contributed by atoms with Gasteiger partial charge in [0, 0.05) is 17.3 Å². The topological polar surface area (TPSA) is 66.9 Å². The number of amides is 1. The van der Waals surface area contributed by atoms with Gasteiger partial charge in [-0.3, -0.25) is 4.79 Å².